The smallest absolute Gasteiger partial charge is 0.355 e. The van der Waals surface area contributed by atoms with Crippen molar-refractivity contribution < 1.29 is 26.7 Å². The highest BCUT2D eigenvalue weighted by Crippen LogP contribution is 2.41. The maximum Gasteiger partial charge on any atom is 0.451 e. The molecule has 0 atom stereocenters. The number of anilines is 1. The minimum atomic E-state index is -4.66. The molecule has 0 aromatic carbocycles. The monoisotopic (exact) mass is 482 g/mol. The maximum absolute atomic E-state index is 12.8. The van der Waals surface area contributed by atoms with Gasteiger partial charge in [0.1, 0.15) is 17.9 Å². The molecule has 3 aromatic rings. The number of amides is 1. The Morgan fingerprint density at radius 1 is 1.03 bits per heavy atom. The van der Waals surface area contributed by atoms with Gasteiger partial charge in [-0.3, -0.25) is 4.79 Å². The number of aromatic nitrogens is 6. The molecule has 0 unspecified atom stereocenters. The fourth-order valence-electron chi connectivity index (χ4n) is 4.46. The number of hydrogen-bond donors (Lipinski definition) is 0. The van der Waals surface area contributed by atoms with Crippen LogP contribution in [0.3, 0.4) is 0 Å². The summed E-state index contributed by atoms with van der Waals surface area (Å²) < 4.78 is 64.5. The lowest BCUT2D eigenvalue weighted by Gasteiger charge is -2.54. The van der Waals surface area contributed by atoms with Crippen molar-refractivity contribution in [2.24, 2.45) is 5.41 Å². The molecule has 1 spiro atoms. The lowest BCUT2D eigenvalue weighted by Crippen LogP contribution is -2.62. The molecule has 5 heterocycles. The van der Waals surface area contributed by atoms with Gasteiger partial charge >= 0.3 is 6.18 Å². The molecule has 14 heteroatoms. The van der Waals surface area contributed by atoms with Crippen molar-refractivity contribution >= 4 is 22.9 Å². The maximum atomic E-state index is 12.8. The van der Waals surface area contributed by atoms with Crippen LogP contribution in [0.25, 0.3) is 11.2 Å². The van der Waals surface area contributed by atoms with Crippen LogP contribution >= 0.6 is 0 Å². The van der Waals surface area contributed by atoms with E-state index >= 15 is 0 Å². The molecule has 9 nitrogen and oxygen atoms in total. The number of fused-ring (bicyclic) bond motifs is 1. The van der Waals surface area contributed by atoms with E-state index < -0.39 is 30.9 Å². The van der Waals surface area contributed by atoms with Gasteiger partial charge in [-0.05, 0) is 12.8 Å². The molecule has 2 fully saturated rings. The second-order valence-corrected chi connectivity index (χ2v) is 8.60. The molecule has 2 saturated heterocycles. The highest BCUT2D eigenvalue weighted by molar-refractivity contribution is 5.94. The average Bonchev–Trinajstić information content (AvgIpc) is 3.18. The first-order chi connectivity index (χ1) is 16.1. The van der Waals surface area contributed by atoms with Crippen molar-refractivity contribution in [3.05, 3.63) is 36.2 Å². The molecule has 180 valence electrons. The van der Waals surface area contributed by atoms with Gasteiger partial charge in [-0.15, -0.1) is 0 Å². The van der Waals surface area contributed by atoms with Crippen molar-refractivity contribution in [3.8, 4) is 0 Å². The van der Waals surface area contributed by atoms with Crippen molar-refractivity contribution in [1.29, 1.82) is 0 Å². The largest absolute Gasteiger partial charge is 0.451 e. The summed E-state index contributed by atoms with van der Waals surface area (Å²) in [7, 11) is 0. The zero-order valence-electron chi connectivity index (χ0n) is 17.7. The minimum absolute atomic E-state index is 0.0178. The summed E-state index contributed by atoms with van der Waals surface area (Å²) in [5, 5.41) is 3.92. The predicted molar refractivity (Wildman–Crippen MR) is 108 cm³/mol. The van der Waals surface area contributed by atoms with Crippen LogP contribution in [-0.2, 0) is 12.7 Å². The standard InChI is InChI=1S/C20H19F5N8O/c21-14(22)9-33-16-13(7-29-33)26-8-15(30-16)31-3-1-19(2-4-31)10-32(11-19)17(34)12-5-27-18(28-6-12)20(23,24)25/h5-8,14H,1-4,9-11H2. The second kappa shape index (κ2) is 8.09. The summed E-state index contributed by atoms with van der Waals surface area (Å²) in [6, 6.07) is 0. The fourth-order valence-corrected chi connectivity index (χ4v) is 4.46. The number of piperidine rings is 1. The number of carbonyl (C=O) groups excluding carboxylic acids is 1. The number of alkyl halides is 5. The van der Waals surface area contributed by atoms with E-state index in [4.69, 9.17) is 0 Å². The third-order valence-electron chi connectivity index (χ3n) is 6.28. The number of nitrogens with zero attached hydrogens (tertiary/aromatic N) is 8. The summed E-state index contributed by atoms with van der Waals surface area (Å²) >= 11 is 0. The minimum Gasteiger partial charge on any atom is -0.355 e. The van der Waals surface area contributed by atoms with Crippen LogP contribution in [0.1, 0.15) is 29.0 Å². The van der Waals surface area contributed by atoms with Gasteiger partial charge in [0.25, 0.3) is 12.3 Å². The molecule has 3 aromatic heterocycles. The van der Waals surface area contributed by atoms with E-state index in [1.165, 1.54) is 6.20 Å². The Hall–Kier alpha value is -3.45. The number of halogens is 5. The molecule has 0 aliphatic carbocycles. The van der Waals surface area contributed by atoms with E-state index in [0.29, 0.717) is 43.2 Å². The van der Waals surface area contributed by atoms with E-state index in [9.17, 15) is 26.7 Å². The lowest BCUT2D eigenvalue weighted by molar-refractivity contribution is -0.145. The molecular formula is C20H19F5N8O. The first kappa shape index (κ1) is 22.3. The van der Waals surface area contributed by atoms with Crippen molar-refractivity contribution in [2.75, 3.05) is 31.1 Å². The van der Waals surface area contributed by atoms with Crippen LogP contribution in [0.5, 0.6) is 0 Å². The van der Waals surface area contributed by atoms with E-state index in [0.717, 1.165) is 29.9 Å². The number of rotatable bonds is 4. The first-order valence-electron chi connectivity index (χ1n) is 10.5. The van der Waals surface area contributed by atoms with Crippen LogP contribution in [0.2, 0.25) is 0 Å². The highest BCUT2D eigenvalue weighted by Gasteiger charge is 2.47. The van der Waals surface area contributed by atoms with Gasteiger partial charge in [0, 0.05) is 44.0 Å². The zero-order valence-corrected chi connectivity index (χ0v) is 17.7. The predicted octanol–water partition coefficient (Wildman–Crippen LogP) is 2.64. The van der Waals surface area contributed by atoms with Crippen molar-refractivity contribution in [2.45, 2.75) is 32.0 Å². The van der Waals surface area contributed by atoms with E-state index in [1.54, 1.807) is 11.1 Å². The number of likely N-dealkylation sites (tertiary alicyclic amines) is 1. The average molecular weight is 482 g/mol. The van der Waals surface area contributed by atoms with E-state index in [-0.39, 0.29) is 11.0 Å². The molecule has 1 amide bonds. The zero-order chi connectivity index (χ0) is 24.1. The normalized spacial score (nSPS) is 18.1. The van der Waals surface area contributed by atoms with Crippen LogP contribution in [0.15, 0.2) is 24.8 Å². The molecule has 5 rings (SSSR count). The topological polar surface area (TPSA) is 92.9 Å². The third kappa shape index (κ3) is 4.12. The molecule has 0 radical (unpaired) electrons. The Labute approximate surface area is 189 Å². The molecular weight excluding hydrogens is 463 g/mol. The van der Waals surface area contributed by atoms with Crippen molar-refractivity contribution in [1.82, 2.24) is 34.6 Å². The van der Waals surface area contributed by atoms with Gasteiger partial charge in [-0.1, -0.05) is 0 Å². The summed E-state index contributed by atoms with van der Waals surface area (Å²) in [6.07, 6.45) is -0.863. The Kier molecular flexibility index (Phi) is 5.32. The quantitative estimate of drug-likeness (QED) is 0.528. The Morgan fingerprint density at radius 3 is 2.32 bits per heavy atom. The lowest BCUT2D eigenvalue weighted by atomic mass is 9.72. The van der Waals surface area contributed by atoms with Gasteiger partial charge in [0.2, 0.25) is 5.82 Å². The van der Waals surface area contributed by atoms with E-state index in [2.05, 4.69) is 25.0 Å². The van der Waals surface area contributed by atoms with Crippen LogP contribution < -0.4 is 4.90 Å². The molecule has 0 bridgehead atoms. The molecule has 0 saturated carbocycles. The Morgan fingerprint density at radius 2 is 1.71 bits per heavy atom. The summed E-state index contributed by atoms with van der Waals surface area (Å²) in [4.78, 5) is 31.4. The molecule has 2 aliphatic heterocycles. The fraction of sp³-hybridized carbons (Fsp3) is 0.500. The van der Waals surface area contributed by atoms with Gasteiger partial charge in [0.05, 0.1) is 18.0 Å². The molecule has 2 aliphatic rings. The SMILES string of the molecule is O=C(c1cnc(C(F)(F)F)nc1)N1CC2(CCN(c3cnc4cnn(CC(F)F)c4n3)CC2)C1. The second-order valence-electron chi connectivity index (χ2n) is 8.60. The summed E-state index contributed by atoms with van der Waals surface area (Å²) in [5.74, 6) is -1.10. The van der Waals surface area contributed by atoms with Gasteiger partial charge in [-0.2, -0.15) is 18.3 Å². The first-order valence-corrected chi connectivity index (χ1v) is 10.5. The van der Waals surface area contributed by atoms with E-state index in [1.807, 2.05) is 4.90 Å². The van der Waals surface area contributed by atoms with Crippen LogP contribution in [0, 0.1) is 5.41 Å². The third-order valence-corrected chi connectivity index (χ3v) is 6.28. The highest BCUT2D eigenvalue weighted by atomic mass is 19.4. The number of carbonyl (C=O) groups is 1. The number of hydrogen-bond acceptors (Lipinski definition) is 7. The van der Waals surface area contributed by atoms with Gasteiger partial charge < -0.3 is 9.80 Å². The Bertz CT molecular complexity index is 1200. The van der Waals surface area contributed by atoms with Crippen molar-refractivity contribution in [3.63, 3.8) is 0 Å². The summed E-state index contributed by atoms with van der Waals surface area (Å²) in [6.45, 7) is 1.72. The van der Waals surface area contributed by atoms with Gasteiger partial charge in [0.15, 0.2) is 5.65 Å². The molecule has 0 N–H and O–H groups in total. The van der Waals surface area contributed by atoms with Crippen LogP contribution in [-0.4, -0.2) is 73.1 Å². The Balaban J connectivity index is 1.20. The summed E-state index contributed by atoms with van der Waals surface area (Å²) in [5.41, 5.74) is 0.688. The molecule has 34 heavy (non-hydrogen) atoms. The van der Waals surface area contributed by atoms with Gasteiger partial charge in [-0.25, -0.2) is 33.4 Å². The van der Waals surface area contributed by atoms with Crippen LogP contribution in [0.4, 0.5) is 27.8 Å².